The van der Waals surface area contributed by atoms with Crippen LogP contribution in [0.3, 0.4) is 0 Å². The zero-order chi connectivity index (χ0) is 26.8. The number of carbonyl (C=O) groups is 1. The number of halogens is 2. The maximum atomic E-state index is 12.1. The summed E-state index contributed by atoms with van der Waals surface area (Å²) in [5.74, 6) is 1.18. The van der Waals surface area contributed by atoms with E-state index in [-0.39, 0.29) is 5.92 Å². The van der Waals surface area contributed by atoms with E-state index in [1.165, 1.54) is 0 Å². The lowest BCUT2D eigenvalue weighted by Crippen LogP contribution is -2.23. The van der Waals surface area contributed by atoms with E-state index in [9.17, 15) is 4.79 Å². The standard InChI is InChI=1S/C28H26Cl2N2O3.CH4O/c1-3-35-25-6-4-5-19(16-25)21(18-33)15-22-8-14-28(20-7-13-26(29)27(30)17-20)32(31-22)23-9-11-24(34-2)12-10-23;1-2/h4-7,9-14,16-18,21H,3,8,15H2,1-2H3;2H,1H3. The number of aliphatic hydroxyl groups is 1. The minimum absolute atomic E-state index is 0.327. The Kier molecular flexibility index (Phi) is 10.6. The van der Waals surface area contributed by atoms with Crippen molar-refractivity contribution in [3.63, 3.8) is 0 Å². The number of carbonyl (C=O) groups excluding carboxylic acids is 1. The minimum Gasteiger partial charge on any atom is -0.497 e. The van der Waals surface area contributed by atoms with Crippen LogP contribution in [-0.4, -0.2) is 37.9 Å². The third-order valence-electron chi connectivity index (χ3n) is 5.75. The fraction of sp³-hybridized carbons (Fsp3) is 0.241. The van der Waals surface area contributed by atoms with E-state index in [1.807, 2.05) is 72.6 Å². The van der Waals surface area contributed by atoms with Crippen molar-refractivity contribution in [1.29, 1.82) is 0 Å². The number of allylic oxidation sites excluding steroid dienone is 1. The lowest BCUT2D eigenvalue weighted by atomic mass is 9.93. The van der Waals surface area contributed by atoms with E-state index in [2.05, 4.69) is 6.08 Å². The molecule has 0 amide bonds. The van der Waals surface area contributed by atoms with Gasteiger partial charge >= 0.3 is 0 Å². The Labute approximate surface area is 227 Å². The molecule has 1 N–H and O–H groups in total. The van der Waals surface area contributed by atoms with E-state index in [0.717, 1.165) is 53.1 Å². The van der Waals surface area contributed by atoms with Crippen molar-refractivity contribution in [1.82, 2.24) is 0 Å². The Bertz CT molecular complexity index is 1260. The summed E-state index contributed by atoms with van der Waals surface area (Å²) in [5.41, 5.74) is 4.45. The molecule has 6 nitrogen and oxygen atoms in total. The smallest absolute Gasteiger partial charge is 0.127 e. The summed E-state index contributed by atoms with van der Waals surface area (Å²) in [6, 6.07) is 20.9. The number of methoxy groups -OCH3 is 1. The van der Waals surface area contributed by atoms with Crippen LogP contribution in [-0.2, 0) is 4.79 Å². The normalized spacial score (nSPS) is 13.5. The molecule has 0 saturated heterocycles. The van der Waals surface area contributed by atoms with E-state index < -0.39 is 0 Å². The molecule has 8 heteroatoms. The second kappa shape index (κ2) is 13.8. The van der Waals surface area contributed by atoms with Gasteiger partial charge in [-0.05, 0) is 61.0 Å². The van der Waals surface area contributed by atoms with E-state index in [0.29, 0.717) is 29.5 Å². The van der Waals surface area contributed by atoms with Crippen LogP contribution >= 0.6 is 23.2 Å². The highest BCUT2D eigenvalue weighted by atomic mass is 35.5. The van der Waals surface area contributed by atoms with Gasteiger partial charge in [0.05, 0.1) is 35.1 Å². The topological polar surface area (TPSA) is 71.4 Å². The number of nitrogens with zero attached hydrogens (tertiary/aromatic N) is 2. The molecule has 1 heterocycles. The lowest BCUT2D eigenvalue weighted by Gasteiger charge is -2.28. The van der Waals surface area contributed by atoms with Crippen LogP contribution in [0, 0.1) is 0 Å². The predicted molar refractivity (Wildman–Crippen MR) is 151 cm³/mol. The molecule has 0 aromatic heterocycles. The van der Waals surface area contributed by atoms with Crippen LogP contribution in [0.1, 0.15) is 36.8 Å². The summed E-state index contributed by atoms with van der Waals surface area (Å²) in [5, 5.41) is 14.8. The second-order valence-electron chi connectivity index (χ2n) is 8.05. The quantitative estimate of drug-likeness (QED) is 0.296. The summed E-state index contributed by atoms with van der Waals surface area (Å²) in [6.07, 6.45) is 4.18. The average molecular weight is 541 g/mol. The van der Waals surface area contributed by atoms with Gasteiger partial charge in [-0.15, -0.1) is 0 Å². The maximum absolute atomic E-state index is 12.1. The number of benzene rings is 3. The first kappa shape index (κ1) is 28.3. The van der Waals surface area contributed by atoms with Gasteiger partial charge in [0.2, 0.25) is 0 Å². The first-order valence-corrected chi connectivity index (χ1v) is 12.6. The molecule has 3 aromatic rings. The Morgan fingerprint density at radius 1 is 1.03 bits per heavy atom. The van der Waals surface area contributed by atoms with Crippen LogP contribution in [0.25, 0.3) is 5.70 Å². The molecule has 0 bridgehead atoms. The molecule has 194 valence electrons. The maximum Gasteiger partial charge on any atom is 0.127 e. The number of hydrogen-bond donors (Lipinski definition) is 1. The van der Waals surface area contributed by atoms with Crippen LogP contribution in [0.2, 0.25) is 10.0 Å². The van der Waals surface area contributed by atoms with E-state index in [4.69, 9.17) is 42.9 Å². The predicted octanol–water partition coefficient (Wildman–Crippen LogP) is 6.99. The van der Waals surface area contributed by atoms with Gasteiger partial charge in [0.1, 0.15) is 17.8 Å². The molecule has 37 heavy (non-hydrogen) atoms. The van der Waals surface area contributed by atoms with Gasteiger partial charge in [0, 0.05) is 37.1 Å². The highest BCUT2D eigenvalue weighted by molar-refractivity contribution is 6.42. The van der Waals surface area contributed by atoms with E-state index in [1.54, 1.807) is 13.2 Å². The molecule has 0 radical (unpaired) electrons. The number of ether oxygens (including phenoxy) is 2. The number of aldehydes is 1. The summed E-state index contributed by atoms with van der Waals surface area (Å²) < 4.78 is 10.9. The molecule has 1 unspecified atom stereocenters. The summed E-state index contributed by atoms with van der Waals surface area (Å²) >= 11 is 12.4. The SMILES string of the molecule is CCOc1cccc(C(C=O)CC2=NN(c3ccc(OC)cc3)C(c3ccc(Cl)c(Cl)c3)=CC2)c1.CO. The second-order valence-corrected chi connectivity index (χ2v) is 8.87. The first-order valence-electron chi connectivity index (χ1n) is 11.8. The van der Waals surface area contributed by atoms with Crippen molar-refractivity contribution >= 4 is 46.6 Å². The Balaban J connectivity index is 0.00000186. The first-order chi connectivity index (χ1) is 18.0. The molecule has 0 aliphatic carbocycles. The summed E-state index contributed by atoms with van der Waals surface area (Å²) in [6.45, 7) is 2.51. The van der Waals surface area contributed by atoms with Gasteiger partial charge in [-0.1, -0.05) is 47.5 Å². The third kappa shape index (κ3) is 7.13. The zero-order valence-electron chi connectivity index (χ0n) is 21.0. The third-order valence-corrected chi connectivity index (χ3v) is 6.49. The van der Waals surface area contributed by atoms with Gasteiger partial charge in [0.25, 0.3) is 0 Å². The minimum atomic E-state index is -0.327. The lowest BCUT2D eigenvalue weighted by molar-refractivity contribution is -0.108. The van der Waals surface area contributed by atoms with Gasteiger partial charge < -0.3 is 19.4 Å². The number of anilines is 1. The molecule has 3 aromatic carbocycles. The summed E-state index contributed by atoms with van der Waals surface area (Å²) in [4.78, 5) is 12.1. The average Bonchev–Trinajstić information content (AvgIpc) is 2.94. The van der Waals surface area contributed by atoms with Gasteiger partial charge in [0.15, 0.2) is 0 Å². The molecular weight excluding hydrogens is 511 g/mol. The Morgan fingerprint density at radius 2 is 1.78 bits per heavy atom. The van der Waals surface area contributed by atoms with Gasteiger partial charge in [-0.3, -0.25) is 0 Å². The monoisotopic (exact) mass is 540 g/mol. The number of rotatable bonds is 9. The van der Waals surface area contributed by atoms with Crippen molar-refractivity contribution in [2.45, 2.75) is 25.7 Å². The molecule has 1 atom stereocenters. The highest BCUT2D eigenvalue weighted by Gasteiger charge is 2.22. The Hall–Kier alpha value is -3.32. The van der Waals surface area contributed by atoms with Crippen LogP contribution < -0.4 is 14.5 Å². The van der Waals surface area contributed by atoms with Crippen LogP contribution in [0.15, 0.2) is 77.9 Å². The summed E-state index contributed by atoms with van der Waals surface area (Å²) in [7, 11) is 2.63. The molecule has 0 spiro atoms. The van der Waals surface area contributed by atoms with Crippen molar-refractivity contribution in [2.75, 3.05) is 25.8 Å². The fourth-order valence-electron chi connectivity index (χ4n) is 3.98. The molecule has 0 saturated carbocycles. The molecule has 1 aliphatic heterocycles. The molecule has 4 rings (SSSR count). The van der Waals surface area contributed by atoms with Gasteiger partial charge in [-0.25, -0.2) is 5.01 Å². The van der Waals surface area contributed by atoms with Crippen LogP contribution in [0.4, 0.5) is 5.69 Å². The molecule has 1 aliphatic rings. The molecular formula is C29H30Cl2N2O4. The largest absolute Gasteiger partial charge is 0.497 e. The fourth-order valence-corrected chi connectivity index (χ4v) is 4.28. The van der Waals surface area contributed by atoms with Crippen molar-refractivity contribution in [3.05, 3.63) is 94.0 Å². The zero-order valence-corrected chi connectivity index (χ0v) is 22.5. The van der Waals surface area contributed by atoms with Gasteiger partial charge in [-0.2, -0.15) is 5.10 Å². The number of hydrazone groups is 1. The van der Waals surface area contributed by atoms with Crippen LogP contribution in [0.5, 0.6) is 11.5 Å². The van der Waals surface area contributed by atoms with Crippen molar-refractivity contribution in [3.8, 4) is 11.5 Å². The number of aliphatic hydroxyl groups excluding tert-OH is 1. The van der Waals surface area contributed by atoms with Crippen molar-refractivity contribution < 1.29 is 19.4 Å². The highest BCUT2D eigenvalue weighted by Crippen LogP contribution is 2.35. The Morgan fingerprint density at radius 3 is 2.43 bits per heavy atom. The molecule has 0 fully saturated rings. The van der Waals surface area contributed by atoms with Crippen molar-refractivity contribution in [2.24, 2.45) is 5.10 Å². The number of hydrogen-bond acceptors (Lipinski definition) is 6. The van der Waals surface area contributed by atoms with E-state index >= 15 is 0 Å².